The number of hydrogen-bond acceptors (Lipinski definition) is 2. The van der Waals surface area contributed by atoms with Crippen molar-refractivity contribution in [3.8, 4) is 0 Å². The highest BCUT2D eigenvalue weighted by Crippen LogP contribution is 2.16. The summed E-state index contributed by atoms with van der Waals surface area (Å²) >= 11 is 3.33. The van der Waals surface area contributed by atoms with E-state index in [2.05, 4.69) is 36.5 Å². The van der Waals surface area contributed by atoms with Crippen molar-refractivity contribution in [2.24, 2.45) is 0 Å². The van der Waals surface area contributed by atoms with Crippen molar-refractivity contribution in [2.75, 3.05) is 10.6 Å². The van der Waals surface area contributed by atoms with Crippen LogP contribution in [0.4, 0.5) is 16.2 Å². The maximum atomic E-state index is 11.9. The molecule has 2 amide bonds. The molecule has 0 saturated heterocycles. The van der Waals surface area contributed by atoms with Gasteiger partial charge in [-0.05, 0) is 42.5 Å². The average Bonchev–Trinajstić information content (AvgIpc) is 2.80. The first kappa shape index (κ1) is 13.4. The van der Waals surface area contributed by atoms with Crippen LogP contribution in [0.5, 0.6) is 0 Å². The Kier molecular flexibility index (Phi) is 3.49. The molecule has 3 rings (SSSR count). The van der Waals surface area contributed by atoms with Crippen LogP contribution >= 0.6 is 15.9 Å². The number of benzene rings is 2. The van der Waals surface area contributed by atoms with E-state index in [1.807, 2.05) is 12.1 Å². The molecule has 0 fully saturated rings. The van der Waals surface area contributed by atoms with E-state index in [1.54, 1.807) is 30.3 Å². The first-order valence-corrected chi connectivity index (χ1v) is 6.95. The highest BCUT2D eigenvalue weighted by molar-refractivity contribution is 9.10. The Bertz CT molecular complexity index is 851. The van der Waals surface area contributed by atoms with Gasteiger partial charge in [0.1, 0.15) is 0 Å². The number of fused-ring (bicyclic) bond motifs is 1. The zero-order chi connectivity index (χ0) is 14.8. The van der Waals surface area contributed by atoms with E-state index in [9.17, 15) is 9.59 Å². The van der Waals surface area contributed by atoms with Crippen LogP contribution < -0.4 is 16.3 Å². The minimum absolute atomic E-state index is 0.276. The molecule has 7 heteroatoms. The van der Waals surface area contributed by atoms with Gasteiger partial charge in [0.15, 0.2) is 0 Å². The molecule has 106 valence electrons. The second-order valence-electron chi connectivity index (χ2n) is 4.43. The number of halogens is 1. The lowest BCUT2D eigenvalue weighted by molar-refractivity contribution is 0.262. The number of imidazole rings is 1. The molecule has 1 heterocycles. The van der Waals surface area contributed by atoms with E-state index in [0.717, 1.165) is 4.47 Å². The van der Waals surface area contributed by atoms with Crippen LogP contribution in [0.3, 0.4) is 0 Å². The fourth-order valence-corrected chi connectivity index (χ4v) is 2.20. The fourth-order valence-electron chi connectivity index (χ4n) is 1.94. The van der Waals surface area contributed by atoms with Gasteiger partial charge >= 0.3 is 11.7 Å². The number of rotatable bonds is 2. The van der Waals surface area contributed by atoms with Crippen molar-refractivity contribution in [1.82, 2.24) is 9.97 Å². The minimum Gasteiger partial charge on any atom is -0.308 e. The summed E-state index contributed by atoms with van der Waals surface area (Å²) < 4.78 is 0.940. The topological polar surface area (TPSA) is 89.8 Å². The van der Waals surface area contributed by atoms with Gasteiger partial charge < -0.3 is 20.6 Å². The molecule has 3 aromatic rings. The standard InChI is InChI=1S/C14H11BrN4O2/c15-8-1-3-9(4-2-8)16-13(20)17-10-5-6-11-12(7-10)19-14(21)18-11/h1-7H,(H2,16,17,20)(H2,18,19,21). The van der Waals surface area contributed by atoms with Crippen molar-refractivity contribution >= 4 is 44.4 Å². The number of nitrogens with one attached hydrogen (secondary N) is 4. The normalized spacial score (nSPS) is 10.5. The molecular formula is C14H11BrN4O2. The second kappa shape index (κ2) is 5.45. The van der Waals surface area contributed by atoms with Crippen molar-refractivity contribution in [2.45, 2.75) is 0 Å². The lowest BCUT2D eigenvalue weighted by atomic mass is 10.3. The van der Waals surface area contributed by atoms with Crippen LogP contribution in [0, 0.1) is 0 Å². The summed E-state index contributed by atoms with van der Waals surface area (Å²) in [5.41, 5.74) is 2.33. The number of urea groups is 1. The molecule has 0 spiro atoms. The second-order valence-corrected chi connectivity index (χ2v) is 5.34. The number of H-pyrrole nitrogens is 2. The number of amides is 2. The molecule has 6 nitrogen and oxygen atoms in total. The highest BCUT2D eigenvalue weighted by atomic mass is 79.9. The van der Waals surface area contributed by atoms with Crippen LogP contribution in [0.25, 0.3) is 11.0 Å². The van der Waals surface area contributed by atoms with Crippen molar-refractivity contribution in [3.05, 3.63) is 57.4 Å². The monoisotopic (exact) mass is 346 g/mol. The summed E-state index contributed by atoms with van der Waals surface area (Å²) in [6.45, 7) is 0. The van der Waals surface area contributed by atoms with E-state index < -0.39 is 0 Å². The Morgan fingerprint density at radius 3 is 2.29 bits per heavy atom. The SMILES string of the molecule is O=C(Nc1ccc(Br)cc1)Nc1ccc2[nH]c(=O)[nH]c2c1. The molecule has 0 saturated carbocycles. The first-order valence-electron chi connectivity index (χ1n) is 6.16. The van der Waals surface area contributed by atoms with Crippen LogP contribution in [-0.4, -0.2) is 16.0 Å². The van der Waals surface area contributed by atoms with Gasteiger partial charge in [-0.3, -0.25) is 0 Å². The molecule has 0 aliphatic carbocycles. The Hall–Kier alpha value is -2.54. The van der Waals surface area contributed by atoms with Gasteiger partial charge in [0.05, 0.1) is 11.0 Å². The summed E-state index contributed by atoms with van der Waals surface area (Å²) in [5, 5.41) is 5.43. The molecule has 0 radical (unpaired) electrons. The molecule has 0 atom stereocenters. The minimum atomic E-state index is -0.352. The third-order valence-electron chi connectivity index (χ3n) is 2.88. The summed E-state index contributed by atoms with van der Waals surface area (Å²) in [6.07, 6.45) is 0. The van der Waals surface area contributed by atoms with Gasteiger partial charge in [-0.15, -0.1) is 0 Å². The van der Waals surface area contributed by atoms with Gasteiger partial charge in [0.25, 0.3) is 0 Å². The van der Waals surface area contributed by atoms with E-state index >= 15 is 0 Å². The molecule has 0 aliphatic rings. The molecule has 1 aromatic heterocycles. The summed E-state index contributed by atoms with van der Waals surface area (Å²) in [4.78, 5) is 28.4. The van der Waals surface area contributed by atoms with Crippen LogP contribution in [0.15, 0.2) is 51.7 Å². The lowest BCUT2D eigenvalue weighted by Crippen LogP contribution is -2.19. The molecule has 2 aromatic carbocycles. The van der Waals surface area contributed by atoms with Gasteiger partial charge in [-0.25, -0.2) is 9.59 Å². The Morgan fingerprint density at radius 2 is 1.52 bits per heavy atom. The smallest absolute Gasteiger partial charge is 0.308 e. The number of carbonyl (C=O) groups excluding carboxylic acids is 1. The van der Waals surface area contributed by atoms with E-state index in [0.29, 0.717) is 22.4 Å². The number of aromatic nitrogens is 2. The zero-order valence-electron chi connectivity index (χ0n) is 10.7. The third-order valence-corrected chi connectivity index (χ3v) is 3.40. The first-order chi connectivity index (χ1) is 10.1. The maximum absolute atomic E-state index is 11.9. The largest absolute Gasteiger partial charge is 0.323 e. The average molecular weight is 347 g/mol. The van der Waals surface area contributed by atoms with E-state index in [4.69, 9.17) is 0 Å². The van der Waals surface area contributed by atoms with Gasteiger partial charge in [0, 0.05) is 15.8 Å². The number of carbonyl (C=O) groups is 1. The summed E-state index contributed by atoms with van der Waals surface area (Å²) in [5.74, 6) is 0. The molecule has 0 aliphatic heterocycles. The molecule has 0 unspecified atom stereocenters. The summed E-state index contributed by atoms with van der Waals surface area (Å²) in [7, 11) is 0. The Morgan fingerprint density at radius 1 is 0.905 bits per heavy atom. The van der Waals surface area contributed by atoms with Crippen molar-refractivity contribution in [1.29, 1.82) is 0 Å². The zero-order valence-corrected chi connectivity index (χ0v) is 12.3. The summed E-state index contributed by atoms with van der Waals surface area (Å²) in [6, 6.07) is 12.0. The Labute approximate surface area is 127 Å². The lowest BCUT2D eigenvalue weighted by Gasteiger charge is -2.07. The Balaban J connectivity index is 1.73. The van der Waals surface area contributed by atoms with E-state index in [-0.39, 0.29) is 11.7 Å². The molecule has 4 N–H and O–H groups in total. The quantitative estimate of drug-likeness (QED) is 0.573. The number of anilines is 2. The predicted octanol–water partition coefficient (Wildman–Crippen LogP) is 3.26. The van der Waals surface area contributed by atoms with E-state index in [1.165, 1.54) is 0 Å². The third kappa shape index (κ3) is 3.14. The molecule has 0 bridgehead atoms. The van der Waals surface area contributed by atoms with Crippen molar-refractivity contribution < 1.29 is 4.79 Å². The predicted molar refractivity (Wildman–Crippen MR) is 85.7 cm³/mol. The van der Waals surface area contributed by atoms with Gasteiger partial charge in [-0.1, -0.05) is 15.9 Å². The van der Waals surface area contributed by atoms with Crippen LogP contribution in [0.1, 0.15) is 0 Å². The van der Waals surface area contributed by atoms with Crippen molar-refractivity contribution in [3.63, 3.8) is 0 Å². The maximum Gasteiger partial charge on any atom is 0.323 e. The highest BCUT2D eigenvalue weighted by Gasteiger charge is 2.04. The molecular weight excluding hydrogens is 336 g/mol. The molecule has 21 heavy (non-hydrogen) atoms. The van der Waals surface area contributed by atoms with Gasteiger partial charge in [-0.2, -0.15) is 0 Å². The number of aromatic amines is 2. The van der Waals surface area contributed by atoms with Crippen LogP contribution in [-0.2, 0) is 0 Å². The van der Waals surface area contributed by atoms with Crippen LogP contribution in [0.2, 0.25) is 0 Å². The van der Waals surface area contributed by atoms with Gasteiger partial charge in [0.2, 0.25) is 0 Å². The fraction of sp³-hybridized carbons (Fsp3) is 0. The number of hydrogen-bond donors (Lipinski definition) is 4.